The molecule has 0 aliphatic heterocycles. The molecule has 0 bridgehead atoms. The predicted octanol–water partition coefficient (Wildman–Crippen LogP) is 2.82. The second-order valence-electron chi connectivity index (χ2n) is 2.31. The highest BCUT2D eigenvalue weighted by Crippen LogP contribution is 2.47. The van der Waals surface area contributed by atoms with E-state index in [1.165, 1.54) is 4.74 Å². The summed E-state index contributed by atoms with van der Waals surface area (Å²) in [6, 6.07) is -6.23. The van der Waals surface area contributed by atoms with Crippen molar-refractivity contribution in [3.63, 3.8) is 0 Å². The Labute approximate surface area is 80.1 Å². The van der Waals surface area contributed by atoms with Crippen molar-refractivity contribution in [3.8, 4) is 0 Å². The van der Waals surface area contributed by atoms with Crippen molar-refractivity contribution in [1.82, 2.24) is 5.54 Å². The molecule has 0 saturated carbocycles. The van der Waals surface area contributed by atoms with Crippen molar-refractivity contribution >= 4 is 0 Å². The molecule has 0 unspecified atom stereocenters. The third-order valence-electron chi connectivity index (χ3n) is 1.12. The normalized spacial score (nSPS) is 15.4. The summed E-state index contributed by atoms with van der Waals surface area (Å²) in [6.45, 7) is 0. The van der Waals surface area contributed by atoms with E-state index in [4.69, 9.17) is 0 Å². The highest BCUT2D eigenvalue weighted by atomic mass is 19.4. The molecule has 0 atom stereocenters. The lowest BCUT2D eigenvalue weighted by atomic mass is 10.2. The second kappa shape index (κ2) is 3.91. The number of hydrogen-bond donors (Lipinski definition) is 1. The van der Waals surface area contributed by atoms with Crippen LogP contribution in [0.2, 0.25) is 0 Å². The van der Waals surface area contributed by atoms with Crippen molar-refractivity contribution in [3.05, 3.63) is 0 Å². The minimum atomic E-state index is -6.75. The molecular formula is C4HF10NO. The summed E-state index contributed by atoms with van der Waals surface area (Å²) in [4.78, 5) is 0. The number of nitrogens with one attached hydrogen (secondary N) is 1. The van der Waals surface area contributed by atoms with Crippen LogP contribution in [0.25, 0.3) is 0 Å². The molecule has 0 rings (SSSR count). The van der Waals surface area contributed by atoms with Gasteiger partial charge in [-0.05, 0) is 0 Å². The Morgan fingerprint density at radius 2 is 1.12 bits per heavy atom. The Hall–Kier alpha value is -0.780. The minimum absolute atomic E-state index is 1.04. The van der Waals surface area contributed by atoms with E-state index in [0.29, 0.717) is 0 Å². The molecule has 0 spiro atoms. The molecule has 0 saturated heterocycles. The number of halogens is 10. The fourth-order valence-electron chi connectivity index (χ4n) is 0.452. The van der Waals surface area contributed by atoms with Crippen molar-refractivity contribution in [1.29, 1.82) is 0 Å². The van der Waals surface area contributed by atoms with Crippen LogP contribution in [0.1, 0.15) is 0 Å². The van der Waals surface area contributed by atoms with Gasteiger partial charge in [0.25, 0.3) is 0 Å². The highest BCUT2D eigenvalue weighted by molar-refractivity contribution is 4.88. The van der Waals surface area contributed by atoms with Gasteiger partial charge in [0, 0.05) is 0 Å². The molecule has 0 aliphatic carbocycles. The summed E-state index contributed by atoms with van der Waals surface area (Å²) >= 11 is 0. The fourth-order valence-corrected chi connectivity index (χ4v) is 0.452. The largest absolute Gasteiger partial charge is 0.527 e. The first-order valence-electron chi connectivity index (χ1n) is 3.05. The molecule has 0 fully saturated rings. The average molecular weight is 269 g/mol. The van der Waals surface area contributed by atoms with E-state index in [-0.39, 0.29) is 0 Å². The van der Waals surface area contributed by atoms with E-state index < -0.39 is 30.0 Å². The van der Waals surface area contributed by atoms with E-state index >= 15 is 0 Å². The quantitative estimate of drug-likeness (QED) is 0.481. The van der Waals surface area contributed by atoms with E-state index in [1.54, 1.807) is 0 Å². The summed E-state index contributed by atoms with van der Waals surface area (Å²) in [5, 5.41) is 0. The van der Waals surface area contributed by atoms with Crippen LogP contribution in [0.3, 0.4) is 0 Å². The number of hydrogen-bond acceptors (Lipinski definition) is 2. The van der Waals surface area contributed by atoms with Crippen molar-refractivity contribution in [2.75, 3.05) is 0 Å². The molecule has 0 aromatic heterocycles. The number of alkyl halides is 9. The Morgan fingerprint density at radius 1 is 0.750 bits per heavy atom. The summed E-state index contributed by atoms with van der Waals surface area (Å²) in [5.74, 6) is -6.75. The monoisotopic (exact) mass is 269 g/mol. The maximum atomic E-state index is 12.1. The maximum absolute atomic E-state index is 12.1. The molecule has 0 amide bonds. The zero-order valence-corrected chi connectivity index (χ0v) is 6.69. The molecule has 2 nitrogen and oxygen atoms in total. The third kappa shape index (κ3) is 2.87. The van der Waals surface area contributed by atoms with Crippen LogP contribution in [-0.2, 0) is 4.74 Å². The SMILES string of the molecule is FNC(F)(F)C(F)(F)C(F)(F)OC(F)(F)F. The van der Waals surface area contributed by atoms with Gasteiger partial charge >= 0.3 is 24.4 Å². The van der Waals surface area contributed by atoms with E-state index in [1.807, 2.05) is 0 Å². The zero-order chi connectivity index (χ0) is 13.4. The second-order valence-corrected chi connectivity index (χ2v) is 2.31. The molecule has 16 heavy (non-hydrogen) atoms. The number of rotatable bonds is 4. The Kier molecular flexibility index (Phi) is 3.72. The van der Waals surface area contributed by atoms with Gasteiger partial charge in [0.15, 0.2) is 0 Å². The van der Waals surface area contributed by atoms with Crippen LogP contribution in [0.15, 0.2) is 0 Å². The first kappa shape index (κ1) is 15.2. The van der Waals surface area contributed by atoms with Crippen LogP contribution >= 0.6 is 0 Å². The highest BCUT2D eigenvalue weighted by Gasteiger charge is 2.76. The van der Waals surface area contributed by atoms with Gasteiger partial charge in [0.1, 0.15) is 0 Å². The molecule has 1 N–H and O–H groups in total. The first-order valence-corrected chi connectivity index (χ1v) is 3.05. The first-order chi connectivity index (χ1) is 6.77. The lowest BCUT2D eigenvalue weighted by molar-refractivity contribution is -0.489. The third-order valence-corrected chi connectivity index (χ3v) is 1.12. The summed E-state index contributed by atoms with van der Waals surface area (Å²) < 4.78 is 118. The molecule has 0 radical (unpaired) electrons. The van der Waals surface area contributed by atoms with Gasteiger partial charge in [-0.1, -0.05) is 5.54 Å². The van der Waals surface area contributed by atoms with Gasteiger partial charge in [-0.15, -0.1) is 17.7 Å². The standard InChI is InChI=1S/C4HF10NO/c5-1(6,2(7,8)15-14)3(9,10)16-4(11,12)13/h15H. The van der Waals surface area contributed by atoms with Gasteiger partial charge < -0.3 is 0 Å². The molecule has 0 heterocycles. The molecule has 12 heteroatoms. The van der Waals surface area contributed by atoms with Gasteiger partial charge in [-0.2, -0.15) is 26.3 Å². The van der Waals surface area contributed by atoms with Gasteiger partial charge in [0.2, 0.25) is 0 Å². The summed E-state index contributed by atoms with van der Waals surface area (Å²) in [5.41, 5.74) is -1.04. The summed E-state index contributed by atoms with van der Waals surface area (Å²) in [6.07, 6.45) is -13.0. The van der Waals surface area contributed by atoms with Crippen molar-refractivity contribution in [2.45, 2.75) is 24.4 Å². The Balaban J connectivity index is 5.14. The number of ether oxygens (including phenoxy) is 1. The smallest absolute Gasteiger partial charge is 0.221 e. The molecule has 0 aromatic rings. The molecule has 0 aliphatic rings. The fraction of sp³-hybridized carbons (Fsp3) is 1.00. The average Bonchev–Trinajstić information content (AvgIpc) is 1.99. The lowest BCUT2D eigenvalue weighted by Gasteiger charge is -2.30. The van der Waals surface area contributed by atoms with Crippen molar-refractivity contribution in [2.24, 2.45) is 0 Å². The van der Waals surface area contributed by atoms with Crippen LogP contribution in [0, 0.1) is 0 Å². The van der Waals surface area contributed by atoms with Crippen LogP contribution < -0.4 is 5.54 Å². The van der Waals surface area contributed by atoms with Crippen molar-refractivity contribution < 1.29 is 48.7 Å². The Bertz CT molecular complexity index is 246. The minimum Gasteiger partial charge on any atom is -0.221 e. The van der Waals surface area contributed by atoms with Gasteiger partial charge in [0.05, 0.1) is 0 Å². The van der Waals surface area contributed by atoms with E-state index in [0.717, 1.165) is 0 Å². The summed E-state index contributed by atoms with van der Waals surface area (Å²) in [7, 11) is 0. The van der Waals surface area contributed by atoms with E-state index in [2.05, 4.69) is 0 Å². The molecular weight excluding hydrogens is 268 g/mol. The lowest BCUT2D eigenvalue weighted by Crippen LogP contribution is -2.61. The van der Waals surface area contributed by atoms with Crippen LogP contribution in [0.5, 0.6) is 0 Å². The maximum Gasteiger partial charge on any atom is 0.527 e. The molecule has 98 valence electrons. The predicted molar refractivity (Wildman–Crippen MR) is 26.2 cm³/mol. The topological polar surface area (TPSA) is 21.3 Å². The van der Waals surface area contributed by atoms with Gasteiger partial charge in [-0.25, -0.2) is 4.74 Å². The molecule has 0 aromatic carbocycles. The van der Waals surface area contributed by atoms with Crippen LogP contribution in [0.4, 0.5) is 44.0 Å². The van der Waals surface area contributed by atoms with Gasteiger partial charge in [-0.3, -0.25) is 0 Å². The van der Waals surface area contributed by atoms with Crippen LogP contribution in [-0.4, -0.2) is 24.4 Å². The zero-order valence-electron chi connectivity index (χ0n) is 6.69. The Morgan fingerprint density at radius 3 is 1.38 bits per heavy atom. The van der Waals surface area contributed by atoms with E-state index in [9.17, 15) is 44.0 Å².